The average molecular weight is 226 g/mol. The standard InChI is InChI=1S/C14H30N2/c1-5-12(3)16(4)14(11-15)9-7-8-13(6-2)10-14/h12-13H,5-11,15H2,1-4H3. The molecule has 2 heteroatoms. The highest BCUT2D eigenvalue weighted by molar-refractivity contribution is 4.96. The second-order valence-corrected chi connectivity index (χ2v) is 5.67. The maximum atomic E-state index is 6.11. The summed E-state index contributed by atoms with van der Waals surface area (Å²) in [5, 5.41) is 0. The van der Waals surface area contributed by atoms with Gasteiger partial charge in [0.2, 0.25) is 0 Å². The summed E-state index contributed by atoms with van der Waals surface area (Å²) in [6, 6.07) is 0.652. The van der Waals surface area contributed by atoms with Crippen LogP contribution in [0.25, 0.3) is 0 Å². The van der Waals surface area contributed by atoms with Crippen molar-refractivity contribution in [3.05, 3.63) is 0 Å². The van der Waals surface area contributed by atoms with Crippen molar-refractivity contribution >= 4 is 0 Å². The van der Waals surface area contributed by atoms with Crippen LogP contribution in [0.15, 0.2) is 0 Å². The van der Waals surface area contributed by atoms with E-state index in [0.717, 1.165) is 12.5 Å². The Kier molecular flexibility index (Phi) is 5.26. The normalized spacial score (nSPS) is 33.0. The molecule has 2 nitrogen and oxygen atoms in total. The first kappa shape index (κ1) is 14.0. The summed E-state index contributed by atoms with van der Waals surface area (Å²) in [7, 11) is 2.28. The predicted molar refractivity (Wildman–Crippen MR) is 71.6 cm³/mol. The van der Waals surface area contributed by atoms with Crippen LogP contribution in [-0.2, 0) is 0 Å². The summed E-state index contributed by atoms with van der Waals surface area (Å²) in [5.41, 5.74) is 6.39. The highest BCUT2D eigenvalue weighted by atomic mass is 15.2. The van der Waals surface area contributed by atoms with Crippen molar-refractivity contribution in [2.45, 2.75) is 70.9 Å². The van der Waals surface area contributed by atoms with Crippen molar-refractivity contribution in [2.75, 3.05) is 13.6 Å². The molecule has 0 aromatic carbocycles. The van der Waals surface area contributed by atoms with Crippen molar-refractivity contribution in [3.63, 3.8) is 0 Å². The molecule has 2 N–H and O–H groups in total. The summed E-state index contributed by atoms with van der Waals surface area (Å²) >= 11 is 0. The molecule has 0 aliphatic heterocycles. The summed E-state index contributed by atoms with van der Waals surface area (Å²) in [6.07, 6.45) is 7.90. The van der Waals surface area contributed by atoms with E-state index >= 15 is 0 Å². The number of likely N-dealkylation sites (N-methyl/N-ethyl adjacent to an activating group) is 1. The Labute approximate surface area is 102 Å². The highest BCUT2D eigenvalue weighted by Gasteiger charge is 2.39. The lowest BCUT2D eigenvalue weighted by Gasteiger charge is -2.49. The van der Waals surface area contributed by atoms with Crippen LogP contribution in [0.5, 0.6) is 0 Å². The van der Waals surface area contributed by atoms with E-state index in [1.54, 1.807) is 0 Å². The molecule has 96 valence electrons. The van der Waals surface area contributed by atoms with Crippen LogP contribution in [-0.4, -0.2) is 30.1 Å². The van der Waals surface area contributed by atoms with Gasteiger partial charge >= 0.3 is 0 Å². The monoisotopic (exact) mass is 226 g/mol. The van der Waals surface area contributed by atoms with Gasteiger partial charge in [-0.1, -0.05) is 33.1 Å². The fourth-order valence-corrected chi connectivity index (χ4v) is 3.20. The second kappa shape index (κ2) is 6.02. The van der Waals surface area contributed by atoms with Gasteiger partial charge in [-0.25, -0.2) is 0 Å². The highest BCUT2D eigenvalue weighted by Crippen LogP contribution is 2.38. The van der Waals surface area contributed by atoms with Crippen molar-refractivity contribution in [3.8, 4) is 0 Å². The van der Waals surface area contributed by atoms with Crippen molar-refractivity contribution in [2.24, 2.45) is 11.7 Å². The maximum Gasteiger partial charge on any atom is 0.0334 e. The molecule has 0 aromatic rings. The predicted octanol–water partition coefficient (Wildman–Crippen LogP) is 3.01. The quantitative estimate of drug-likeness (QED) is 0.781. The molecule has 1 saturated carbocycles. The van der Waals surface area contributed by atoms with E-state index in [9.17, 15) is 0 Å². The van der Waals surface area contributed by atoms with Crippen LogP contribution >= 0.6 is 0 Å². The van der Waals surface area contributed by atoms with Gasteiger partial charge in [0.15, 0.2) is 0 Å². The number of nitrogens with two attached hydrogens (primary N) is 1. The van der Waals surface area contributed by atoms with Gasteiger partial charge in [0.1, 0.15) is 0 Å². The van der Waals surface area contributed by atoms with Gasteiger partial charge in [-0.05, 0) is 39.2 Å². The summed E-state index contributed by atoms with van der Waals surface area (Å²) in [6.45, 7) is 7.74. The molecule has 0 aromatic heterocycles. The lowest BCUT2D eigenvalue weighted by atomic mass is 9.73. The minimum atomic E-state index is 0.286. The zero-order valence-electron chi connectivity index (χ0n) is 11.6. The zero-order valence-corrected chi connectivity index (χ0v) is 11.6. The van der Waals surface area contributed by atoms with E-state index in [2.05, 4.69) is 32.7 Å². The Morgan fingerprint density at radius 2 is 2.12 bits per heavy atom. The van der Waals surface area contributed by atoms with Crippen LogP contribution in [0.1, 0.15) is 59.3 Å². The van der Waals surface area contributed by atoms with Crippen LogP contribution in [0.3, 0.4) is 0 Å². The molecule has 1 rings (SSSR count). The first-order valence-corrected chi connectivity index (χ1v) is 7.02. The van der Waals surface area contributed by atoms with E-state index in [1.807, 2.05) is 0 Å². The van der Waals surface area contributed by atoms with Gasteiger partial charge in [0.25, 0.3) is 0 Å². The van der Waals surface area contributed by atoms with E-state index in [0.29, 0.717) is 6.04 Å². The number of hydrogen-bond donors (Lipinski definition) is 1. The number of hydrogen-bond acceptors (Lipinski definition) is 2. The molecule has 1 aliphatic carbocycles. The molecular formula is C14H30N2. The third kappa shape index (κ3) is 2.78. The lowest BCUT2D eigenvalue weighted by molar-refractivity contribution is 0.0273. The first-order chi connectivity index (χ1) is 7.59. The van der Waals surface area contributed by atoms with Gasteiger partial charge < -0.3 is 5.73 Å². The Hall–Kier alpha value is -0.0800. The molecule has 16 heavy (non-hydrogen) atoms. The lowest BCUT2D eigenvalue weighted by Crippen LogP contribution is -2.57. The Bertz CT molecular complexity index is 203. The Morgan fingerprint density at radius 3 is 2.62 bits per heavy atom. The van der Waals surface area contributed by atoms with Crippen molar-refractivity contribution in [1.29, 1.82) is 0 Å². The molecule has 0 amide bonds. The largest absolute Gasteiger partial charge is 0.329 e. The summed E-state index contributed by atoms with van der Waals surface area (Å²) < 4.78 is 0. The fourth-order valence-electron chi connectivity index (χ4n) is 3.20. The first-order valence-electron chi connectivity index (χ1n) is 7.02. The number of rotatable bonds is 5. The molecule has 3 unspecified atom stereocenters. The minimum Gasteiger partial charge on any atom is -0.329 e. The Balaban J connectivity index is 2.75. The topological polar surface area (TPSA) is 29.3 Å². The molecule has 3 atom stereocenters. The van der Waals surface area contributed by atoms with Crippen molar-refractivity contribution in [1.82, 2.24) is 4.90 Å². The molecule has 1 fully saturated rings. The van der Waals surface area contributed by atoms with E-state index < -0.39 is 0 Å². The third-order valence-corrected chi connectivity index (χ3v) is 4.88. The molecule has 0 saturated heterocycles. The van der Waals surface area contributed by atoms with Crippen LogP contribution in [0, 0.1) is 5.92 Å². The molecule has 0 radical (unpaired) electrons. The van der Waals surface area contributed by atoms with Gasteiger partial charge in [0, 0.05) is 18.1 Å². The van der Waals surface area contributed by atoms with Gasteiger partial charge in [-0.15, -0.1) is 0 Å². The van der Waals surface area contributed by atoms with Gasteiger partial charge in [-0.2, -0.15) is 0 Å². The molecule has 0 spiro atoms. The van der Waals surface area contributed by atoms with E-state index in [4.69, 9.17) is 5.73 Å². The maximum absolute atomic E-state index is 6.11. The van der Waals surface area contributed by atoms with Crippen LogP contribution < -0.4 is 5.73 Å². The smallest absolute Gasteiger partial charge is 0.0334 e. The average Bonchev–Trinajstić information content (AvgIpc) is 2.36. The third-order valence-electron chi connectivity index (χ3n) is 4.88. The SMILES string of the molecule is CCC1CCCC(CN)(N(C)C(C)CC)C1. The summed E-state index contributed by atoms with van der Waals surface area (Å²) in [4.78, 5) is 2.56. The summed E-state index contributed by atoms with van der Waals surface area (Å²) in [5.74, 6) is 0.892. The van der Waals surface area contributed by atoms with Crippen LogP contribution in [0.2, 0.25) is 0 Å². The van der Waals surface area contributed by atoms with Gasteiger partial charge in [0.05, 0.1) is 0 Å². The van der Waals surface area contributed by atoms with Gasteiger partial charge in [-0.3, -0.25) is 4.90 Å². The molecule has 1 aliphatic rings. The molecular weight excluding hydrogens is 196 g/mol. The van der Waals surface area contributed by atoms with Crippen molar-refractivity contribution < 1.29 is 0 Å². The van der Waals surface area contributed by atoms with E-state index in [1.165, 1.54) is 38.5 Å². The molecule has 0 heterocycles. The Morgan fingerprint density at radius 1 is 1.44 bits per heavy atom. The fraction of sp³-hybridized carbons (Fsp3) is 1.00. The minimum absolute atomic E-state index is 0.286. The molecule has 0 bridgehead atoms. The van der Waals surface area contributed by atoms with E-state index in [-0.39, 0.29) is 5.54 Å². The number of nitrogens with zero attached hydrogens (tertiary/aromatic N) is 1. The van der Waals surface area contributed by atoms with Crippen LogP contribution in [0.4, 0.5) is 0 Å². The second-order valence-electron chi connectivity index (χ2n) is 5.67. The zero-order chi connectivity index (χ0) is 12.2.